The summed E-state index contributed by atoms with van der Waals surface area (Å²) < 4.78 is 33.8. The molecule has 0 radical (unpaired) electrons. The zero-order chi connectivity index (χ0) is 19.8. The van der Waals surface area contributed by atoms with E-state index in [4.69, 9.17) is 4.74 Å². The lowest BCUT2D eigenvalue weighted by atomic mass is 10.0. The summed E-state index contributed by atoms with van der Waals surface area (Å²) in [6, 6.07) is 10.4. The van der Waals surface area contributed by atoms with Crippen LogP contribution in [0.4, 0.5) is 11.4 Å². The molecular formula is C20H24N2O4S. The Hall–Kier alpha value is -2.54. The monoisotopic (exact) mass is 388 g/mol. The molecule has 2 aromatic rings. The second-order valence-corrected chi connectivity index (χ2v) is 8.59. The van der Waals surface area contributed by atoms with Crippen LogP contribution in [0, 0.1) is 0 Å². The third-order valence-electron chi connectivity index (χ3n) is 4.75. The average molecular weight is 388 g/mol. The molecule has 0 bridgehead atoms. The molecule has 1 N–H and O–H groups in total. The Balaban J connectivity index is 1.94. The van der Waals surface area contributed by atoms with Crippen LogP contribution in [-0.2, 0) is 21.2 Å². The molecule has 0 aliphatic carbocycles. The fourth-order valence-corrected chi connectivity index (χ4v) is 4.52. The molecular weight excluding hydrogens is 364 g/mol. The molecule has 0 fully saturated rings. The first kappa shape index (κ1) is 19.2. The molecule has 1 amide bonds. The first-order chi connectivity index (χ1) is 12.7. The Labute approximate surface area is 160 Å². The number of hydrogen-bond donors (Lipinski definition) is 1. The fourth-order valence-electron chi connectivity index (χ4n) is 3.26. The Bertz CT molecular complexity index is 983. The first-order valence-electron chi connectivity index (χ1n) is 8.84. The average Bonchev–Trinajstić information content (AvgIpc) is 3.04. The van der Waals surface area contributed by atoms with Crippen molar-refractivity contribution in [3.63, 3.8) is 0 Å². The molecule has 1 aliphatic rings. The van der Waals surface area contributed by atoms with Crippen molar-refractivity contribution in [2.45, 2.75) is 38.0 Å². The molecule has 0 atom stereocenters. The lowest BCUT2D eigenvalue weighted by Gasteiger charge is -2.16. The number of rotatable bonds is 5. The molecule has 0 saturated carbocycles. The molecule has 6 nitrogen and oxygen atoms in total. The maximum Gasteiger partial charge on any atom is 0.265 e. The van der Waals surface area contributed by atoms with Crippen molar-refractivity contribution in [3.05, 3.63) is 47.5 Å². The molecule has 0 spiro atoms. The summed E-state index contributed by atoms with van der Waals surface area (Å²) in [6.07, 6.45) is 0.705. The van der Waals surface area contributed by atoms with E-state index in [9.17, 15) is 13.2 Å². The minimum Gasteiger partial charge on any atom is -0.495 e. The Morgan fingerprint density at radius 3 is 2.56 bits per heavy atom. The van der Waals surface area contributed by atoms with E-state index in [1.54, 1.807) is 35.2 Å². The third kappa shape index (κ3) is 3.78. The maximum absolute atomic E-state index is 13.0. The number of carbonyl (C=O) groups is 1. The lowest BCUT2D eigenvalue weighted by Crippen LogP contribution is -2.25. The van der Waals surface area contributed by atoms with Gasteiger partial charge in [-0.05, 0) is 53.8 Å². The number of anilines is 2. The molecule has 1 aliphatic heterocycles. The summed E-state index contributed by atoms with van der Waals surface area (Å²) in [7, 11) is -2.36. The van der Waals surface area contributed by atoms with Gasteiger partial charge < -0.3 is 9.64 Å². The van der Waals surface area contributed by atoms with Crippen molar-refractivity contribution in [2.24, 2.45) is 0 Å². The number of amides is 1. The van der Waals surface area contributed by atoms with E-state index in [0.29, 0.717) is 24.4 Å². The van der Waals surface area contributed by atoms with E-state index < -0.39 is 10.0 Å². The number of hydrogen-bond acceptors (Lipinski definition) is 4. The van der Waals surface area contributed by atoms with Crippen LogP contribution in [0.5, 0.6) is 5.75 Å². The van der Waals surface area contributed by atoms with Crippen LogP contribution in [0.3, 0.4) is 0 Å². The lowest BCUT2D eigenvalue weighted by molar-refractivity contribution is -0.116. The highest BCUT2D eigenvalue weighted by Gasteiger charge is 2.24. The van der Waals surface area contributed by atoms with Gasteiger partial charge in [0.1, 0.15) is 10.6 Å². The van der Waals surface area contributed by atoms with Crippen LogP contribution in [0.25, 0.3) is 0 Å². The minimum absolute atomic E-state index is 0.0164. The van der Waals surface area contributed by atoms with Crippen LogP contribution in [-0.4, -0.2) is 28.0 Å². The van der Waals surface area contributed by atoms with Gasteiger partial charge in [0.25, 0.3) is 10.0 Å². The molecule has 3 rings (SSSR count). The van der Waals surface area contributed by atoms with Crippen molar-refractivity contribution in [1.29, 1.82) is 0 Å². The first-order valence-corrected chi connectivity index (χ1v) is 10.3. The van der Waals surface area contributed by atoms with Gasteiger partial charge in [0.15, 0.2) is 0 Å². The van der Waals surface area contributed by atoms with Gasteiger partial charge in [-0.1, -0.05) is 19.9 Å². The Morgan fingerprint density at radius 1 is 1.19 bits per heavy atom. The number of nitrogens with one attached hydrogen (secondary N) is 1. The molecule has 0 unspecified atom stereocenters. The second-order valence-electron chi connectivity index (χ2n) is 6.93. The van der Waals surface area contributed by atoms with Gasteiger partial charge in [0.05, 0.1) is 7.11 Å². The van der Waals surface area contributed by atoms with Crippen molar-refractivity contribution >= 4 is 27.3 Å². The molecule has 2 aromatic carbocycles. The predicted molar refractivity (Wildman–Crippen MR) is 106 cm³/mol. The van der Waals surface area contributed by atoms with E-state index in [2.05, 4.69) is 4.72 Å². The number of nitrogens with zero attached hydrogens (tertiary/aromatic N) is 1. The van der Waals surface area contributed by atoms with Gasteiger partial charge in [-0.15, -0.1) is 0 Å². The topological polar surface area (TPSA) is 75.7 Å². The SMILES string of the molecule is COc1ccc(C(C)C)cc1S(=O)(=O)Nc1ccc2c(c1)CCN2C(C)=O. The van der Waals surface area contributed by atoms with Crippen molar-refractivity contribution < 1.29 is 17.9 Å². The maximum atomic E-state index is 13.0. The summed E-state index contributed by atoms with van der Waals surface area (Å²) in [6.45, 7) is 6.16. The number of sulfonamides is 1. The number of methoxy groups -OCH3 is 1. The Morgan fingerprint density at radius 2 is 1.93 bits per heavy atom. The van der Waals surface area contributed by atoms with Crippen LogP contribution < -0.4 is 14.4 Å². The van der Waals surface area contributed by atoms with E-state index >= 15 is 0 Å². The van der Waals surface area contributed by atoms with E-state index in [1.165, 1.54) is 14.0 Å². The second kappa shape index (κ2) is 7.23. The van der Waals surface area contributed by atoms with E-state index in [0.717, 1.165) is 16.8 Å². The highest BCUT2D eigenvalue weighted by molar-refractivity contribution is 7.92. The summed E-state index contributed by atoms with van der Waals surface area (Å²) in [5.74, 6) is 0.482. The summed E-state index contributed by atoms with van der Waals surface area (Å²) in [5, 5.41) is 0. The standard InChI is InChI=1S/C20H24N2O4S/c1-13(2)15-5-8-19(26-4)20(12-15)27(24,25)21-17-6-7-18-16(11-17)9-10-22(18)14(3)23/h5-8,11-13,21H,9-10H2,1-4H3. The molecule has 0 aromatic heterocycles. The quantitative estimate of drug-likeness (QED) is 0.850. The molecule has 7 heteroatoms. The smallest absolute Gasteiger partial charge is 0.265 e. The van der Waals surface area contributed by atoms with E-state index in [-0.39, 0.29) is 16.7 Å². The van der Waals surface area contributed by atoms with Crippen LogP contribution >= 0.6 is 0 Å². The number of benzene rings is 2. The fraction of sp³-hybridized carbons (Fsp3) is 0.350. The largest absolute Gasteiger partial charge is 0.495 e. The zero-order valence-corrected chi connectivity index (χ0v) is 16.8. The molecule has 144 valence electrons. The highest BCUT2D eigenvalue weighted by atomic mass is 32.2. The van der Waals surface area contributed by atoms with Crippen LogP contribution in [0.15, 0.2) is 41.3 Å². The third-order valence-corrected chi connectivity index (χ3v) is 6.15. The van der Waals surface area contributed by atoms with Crippen molar-refractivity contribution in [1.82, 2.24) is 0 Å². The van der Waals surface area contributed by atoms with Gasteiger partial charge in [-0.25, -0.2) is 8.42 Å². The van der Waals surface area contributed by atoms with Crippen LogP contribution in [0.1, 0.15) is 37.8 Å². The number of fused-ring (bicyclic) bond motifs is 1. The molecule has 0 saturated heterocycles. The summed E-state index contributed by atoms with van der Waals surface area (Å²) in [5.41, 5.74) is 3.18. The molecule has 27 heavy (non-hydrogen) atoms. The summed E-state index contributed by atoms with van der Waals surface area (Å²) >= 11 is 0. The normalized spacial score (nSPS) is 13.6. The predicted octanol–water partition coefficient (Wildman–Crippen LogP) is 3.53. The number of ether oxygens (including phenoxy) is 1. The minimum atomic E-state index is -3.81. The summed E-state index contributed by atoms with van der Waals surface area (Å²) in [4.78, 5) is 13.5. The highest BCUT2D eigenvalue weighted by Crippen LogP contribution is 2.33. The van der Waals surface area contributed by atoms with E-state index in [1.807, 2.05) is 19.9 Å². The zero-order valence-electron chi connectivity index (χ0n) is 15.9. The number of carbonyl (C=O) groups excluding carboxylic acids is 1. The van der Waals surface area contributed by atoms with Gasteiger partial charge in [0, 0.05) is 24.8 Å². The van der Waals surface area contributed by atoms with Gasteiger partial charge >= 0.3 is 0 Å². The van der Waals surface area contributed by atoms with Crippen LogP contribution in [0.2, 0.25) is 0 Å². The van der Waals surface area contributed by atoms with Gasteiger partial charge in [-0.2, -0.15) is 0 Å². The molecule has 1 heterocycles. The van der Waals surface area contributed by atoms with Crippen molar-refractivity contribution in [3.8, 4) is 5.75 Å². The van der Waals surface area contributed by atoms with Gasteiger partial charge in [-0.3, -0.25) is 9.52 Å². The van der Waals surface area contributed by atoms with Gasteiger partial charge in [0.2, 0.25) is 5.91 Å². The Kier molecular flexibility index (Phi) is 5.15. The van der Waals surface area contributed by atoms with Crippen molar-refractivity contribution in [2.75, 3.05) is 23.3 Å².